The maximum absolute atomic E-state index is 12.5. The molecule has 0 aliphatic heterocycles. The Morgan fingerprint density at radius 2 is 2.21 bits per heavy atom. The molecule has 7 nitrogen and oxygen atoms in total. The van der Waals surface area contributed by atoms with Crippen molar-refractivity contribution in [3.05, 3.63) is 35.0 Å². The van der Waals surface area contributed by atoms with Crippen molar-refractivity contribution >= 4 is 40.0 Å². The third kappa shape index (κ3) is 4.82. The standard InChI is InChI=1S/C19H24N4O3S2/c1-4-9-23-16(12-7-8-12)21-22-19(23)27-11-15(24)20-17-14(18(25)26-6-3)10-13(5-2)28-17/h4,10,12H,1,5-9,11H2,2-3H3,(H,20,24). The first-order valence-electron chi connectivity index (χ1n) is 9.33. The summed E-state index contributed by atoms with van der Waals surface area (Å²) < 4.78 is 7.11. The average Bonchev–Trinajstić information content (AvgIpc) is 3.32. The number of thioether (sulfide) groups is 1. The summed E-state index contributed by atoms with van der Waals surface area (Å²) in [4.78, 5) is 25.6. The number of nitrogens with zero attached hydrogens (tertiary/aromatic N) is 3. The van der Waals surface area contributed by atoms with Gasteiger partial charge in [0, 0.05) is 17.3 Å². The van der Waals surface area contributed by atoms with Gasteiger partial charge in [-0.15, -0.1) is 28.1 Å². The highest BCUT2D eigenvalue weighted by atomic mass is 32.2. The fourth-order valence-electron chi connectivity index (χ4n) is 2.71. The fourth-order valence-corrected chi connectivity index (χ4v) is 4.47. The van der Waals surface area contributed by atoms with Crippen LogP contribution in [0.2, 0.25) is 0 Å². The summed E-state index contributed by atoms with van der Waals surface area (Å²) in [5, 5.41) is 12.6. The number of aromatic nitrogens is 3. The van der Waals surface area contributed by atoms with Crippen LogP contribution in [0.25, 0.3) is 0 Å². The molecule has 28 heavy (non-hydrogen) atoms. The largest absolute Gasteiger partial charge is 0.462 e. The van der Waals surface area contributed by atoms with Crippen LogP contribution in [0.4, 0.5) is 5.00 Å². The summed E-state index contributed by atoms with van der Waals surface area (Å²) in [7, 11) is 0. The third-order valence-corrected chi connectivity index (χ3v) is 6.37. The van der Waals surface area contributed by atoms with Crippen LogP contribution in [-0.2, 0) is 22.5 Å². The van der Waals surface area contributed by atoms with Crippen LogP contribution >= 0.6 is 23.1 Å². The Kier molecular flexibility index (Phi) is 6.90. The zero-order valence-electron chi connectivity index (χ0n) is 16.1. The van der Waals surface area contributed by atoms with E-state index in [-0.39, 0.29) is 11.7 Å². The Balaban J connectivity index is 1.66. The molecule has 1 fully saturated rings. The van der Waals surface area contributed by atoms with Crippen molar-refractivity contribution in [2.75, 3.05) is 17.7 Å². The predicted molar refractivity (Wildman–Crippen MR) is 111 cm³/mol. The zero-order chi connectivity index (χ0) is 20.1. The summed E-state index contributed by atoms with van der Waals surface area (Å²) in [5.41, 5.74) is 0.410. The van der Waals surface area contributed by atoms with Crippen molar-refractivity contribution < 1.29 is 14.3 Å². The molecule has 0 bridgehead atoms. The van der Waals surface area contributed by atoms with Gasteiger partial charge in [-0.25, -0.2) is 4.79 Å². The zero-order valence-corrected chi connectivity index (χ0v) is 17.7. The number of ether oxygens (including phenoxy) is 1. The molecule has 0 radical (unpaired) electrons. The molecule has 0 atom stereocenters. The normalized spacial score (nSPS) is 13.4. The quantitative estimate of drug-likeness (QED) is 0.357. The second-order valence-electron chi connectivity index (χ2n) is 6.38. The summed E-state index contributed by atoms with van der Waals surface area (Å²) in [6.07, 6.45) is 4.86. The molecule has 3 rings (SSSR count). The Morgan fingerprint density at radius 3 is 2.86 bits per heavy atom. The van der Waals surface area contributed by atoms with Crippen molar-refractivity contribution in [1.29, 1.82) is 0 Å². The molecule has 0 aromatic carbocycles. The number of thiophene rings is 1. The van der Waals surface area contributed by atoms with Crippen LogP contribution in [0.15, 0.2) is 23.9 Å². The smallest absolute Gasteiger partial charge is 0.341 e. The average molecular weight is 421 g/mol. The van der Waals surface area contributed by atoms with Gasteiger partial charge in [-0.05, 0) is 32.3 Å². The van der Waals surface area contributed by atoms with Crippen molar-refractivity contribution in [1.82, 2.24) is 14.8 Å². The minimum absolute atomic E-state index is 0.182. The van der Waals surface area contributed by atoms with Crippen LogP contribution in [0.1, 0.15) is 53.7 Å². The number of rotatable bonds is 10. The number of carbonyl (C=O) groups excluding carboxylic acids is 2. The number of aryl methyl sites for hydroxylation is 1. The van der Waals surface area contributed by atoms with Gasteiger partial charge in [0.05, 0.1) is 17.9 Å². The SMILES string of the molecule is C=CCn1c(SCC(=O)Nc2sc(CC)cc2C(=O)OCC)nnc1C1CC1. The van der Waals surface area contributed by atoms with E-state index in [1.807, 2.05) is 17.6 Å². The van der Waals surface area contributed by atoms with Crippen molar-refractivity contribution in [3.63, 3.8) is 0 Å². The topological polar surface area (TPSA) is 86.1 Å². The van der Waals surface area contributed by atoms with E-state index >= 15 is 0 Å². The van der Waals surface area contributed by atoms with Gasteiger partial charge in [-0.3, -0.25) is 4.79 Å². The lowest BCUT2D eigenvalue weighted by molar-refractivity contribution is -0.113. The number of hydrogen-bond acceptors (Lipinski definition) is 7. The van der Waals surface area contributed by atoms with Gasteiger partial charge in [0.2, 0.25) is 5.91 Å². The molecular weight excluding hydrogens is 396 g/mol. The Morgan fingerprint density at radius 1 is 1.43 bits per heavy atom. The van der Waals surface area contributed by atoms with Gasteiger partial charge >= 0.3 is 5.97 Å². The molecule has 1 amide bonds. The van der Waals surface area contributed by atoms with Gasteiger partial charge < -0.3 is 14.6 Å². The molecule has 2 heterocycles. The van der Waals surface area contributed by atoms with Gasteiger partial charge in [0.1, 0.15) is 10.8 Å². The second-order valence-corrected chi connectivity index (χ2v) is 8.46. The minimum Gasteiger partial charge on any atom is -0.462 e. The van der Waals surface area contributed by atoms with E-state index in [0.29, 0.717) is 34.8 Å². The summed E-state index contributed by atoms with van der Waals surface area (Å²) in [6.45, 7) is 8.48. The van der Waals surface area contributed by atoms with Gasteiger partial charge in [0.25, 0.3) is 0 Å². The van der Waals surface area contributed by atoms with E-state index in [9.17, 15) is 9.59 Å². The fraction of sp³-hybridized carbons (Fsp3) is 0.474. The lowest BCUT2D eigenvalue weighted by atomic mass is 10.2. The molecule has 2 aromatic heterocycles. The highest BCUT2D eigenvalue weighted by molar-refractivity contribution is 7.99. The van der Waals surface area contributed by atoms with Gasteiger partial charge in [-0.1, -0.05) is 24.8 Å². The highest BCUT2D eigenvalue weighted by Gasteiger charge is 2.30. The van der Waals surface area contributed by atoms with Crippen LogP contribution in [0.3, 0.4) is 0 Å². The van der Waals surface area contributed by atoms with Crippen molar-refractivity contribution in [2.45, 2.75) is 50.7 Å². The Labute approximate surface area is 172 Å². The second kappa shape index (κ2) is 9.38. The Hall–Kier alpha value is -2.13. The number of esters is 1. The lowest BCUT2D eigenvalue weighted by Gasteiger charge is -2.08. The lowest BCUT2D eigenvalue weighted by Crippen LogP contribution is -2.16. The summed E-state index contributed by atoms with van der Waals surface area (Å²) in [6, 6.07) is 1.79. The summed E-state index contributed by atoms with van der Waals surface area (Å²) in [5.74, 6) is 1.02. The van der Waals surface area contributed by atoms with Crippen LogP contribution in [-0.4, -0.2) is 39.0 Å². The van der Waals surface area contributed by atoms with Gasteiger partial charge in [-0.2, -0.15) is 0 Å². The highest BCUT2D eigenvalue weighted by Crippen LogP contribution is 2.40. The van der Waals surface area contributed by atoms with Gasteiger partial charge in [0.15, 0.2) is 5.16 Å². The number of nitrogens with one attached hydrogen (secondary N) is 1. The maximum Gasteiger partial charge on any atom is 0.341 e. The Bertz CT molecular complexity index is 871. The van der Waals surface area contributed by atoms with E-state index in [0.717, 1.165) is 30.0 Å². The number of amides is 1. The molecule has 1 saturated carbocycles. The molecular formula is C19H24N4O3S2. The van der Waals surface area contributed by atoms with E-state index < -0.39 is 5.97 Å². The molecule has 1 aliphatic carbocycles. The minimum atomic E-state index is -0.416. The number of anilines is 1. The molecule has 0 saturated heterocycles. The molecule has 1 N–H and O–H groups in total. The summed E-state index contributed by atoms with van der Waals surface area (Å²) >= 11 is 2.74. The number of allylic oxidation sites excluding steroid dienone is 1. The first-order chi connectivity index (χ1) is 13.6. The van der Waals surface area contributed by atoms with E-state index in [1.165, 1.54) is 23.1 Å². The van der Waals surface area contributed by atoms with Crippen LogP contribution in [0, 0.1) is 0 Å². The van der Waals surface area contributed by atoms with Crippen molar-refractivity contribution in [2.24, 2.45) is 0 Å². The number of carbonyl (C=O) groups is 2. The van der Waals surface area contributed by atoms with E-state index in [2.05, 4.69) is 22.1 Å². The van der Waals surface area contributed by atoms with E-state index in [4.69, 9.17) is 4.74 Å². The molecule has 0 spiro atoms. The molecule has 1 aliphatic rings. The monoisotopic (exact) mass is 420 g/mol. The van der Waals surface area contributed by atoms with E-state index in [1.54, 1.807) is 13.0 Å². The molecule has 0 unspecified atom stereocenters. The van der Waals surface area contributed by atoms with Crippen LogP contribution in [0.5, 0.6) is 0 Å². The number of hydrogen-bond donors (Lipinski definition) is 1. The van der Waals surface area contributed by atoms with Crippen molar-refractivity contribution in [3.8, 4) is 0 Å². The molecule has 9 heteroatoms. The third-order valence-electron chi connectivity index (χ3n) is 4.21. The predicted octanol–water partition coefficient (Wildman–Crippen LogP) is 3.87. The first-order valence-corrected chi connectivity index (χ1v) is 11.1. The molecule has 150 valence electrons. The molecule has 2 aromatic rings. The van der Waals surface area contributed by atoms with Crippen LogP contribution < -0.4 is 5.32 Å². The maximum atomic E-state index is 12.5. The first kappa shape index (κ1) is 20.6.